The first-order valence-corrected chi connectivity index (χ1v) is 12.6. The van der Waals surface area contributed by atoms with Crippen LogP contribution in [0.2, 0.25) is 0 Å². The van der Waals surface area contributed by atoms with Gasteiger partial charge in [0.1, 0.15) is 11.5 Å². The van der Waals surface area contributed by atoms with Gasteiger partial charge in [0.15, 0.2) is 0 Å². The van der Waals surface area contributed by atoms with Crippen LogP contribution in [-0.4, -0.2) is 46.7 Å². The first-order valence-electron chi connectivity index (χ1n) is 12.6. The Kier molecular flexibility index (Phi) is 15.5. The number of carbonyl (C=O) groups is 2. The van der Waals surface area contributed by atoms with E-state index in [4.69, 9.17) is 19.8 Å². The molecule has 269 valence electrons. The molecule has 2 atom stereocenters. The first-order chi connectivity index (χ1) is 21.2. The molecule has 8 nitrogen and oxygen atoms in total. The van der Waals surface area contributed by atoms with Crippen LogP contribution >= 0.6 is 0 Å². The van der Waals surface area contributed by atoms with E-state index in [1.165, 1.54) is 0 Å². The van der Waals surface area contributed by atoms with Crippen molar-refractivity contribution in [1.82, 2.24) is 0 Å². The number of benzene rings is 2. The second-order valence-corrected chi connectivity index (χ2v) is 9.52. The van der Waals surface area contributed by atoms with Crippen molar-refractivity contribution in [2.75, 3.05) is 0 Å². The molecule has 1 fully saturated rings. The maximum atomic E-state index is 13.1. The number of carboxylic acids is 2. The van der Waals surface area contributed by atoms with Crippen LogP contribution in [0.1, 0.15) is 66.5 Å². The van der Waals surface area contributed by atoms with Gasteiger partial charge in [-0.1, -0.05) is 0 Å². The summed E-state index contributed by atoms with van der Waals surface area (Å²) >= 11 is 0. The van der Waals surface area contributed by atoms with Crippen molar-refractivity contribution in [3.8, 4) is 11.5 Å². The van der Waals surface area contributed by atoms with Crippen LogP contribution in [0.3, 0.4) is 0 Å². The molecule has 0 bridgehead atoms. The van der Waals surface area contributed by atoms with Crippen molar-refractivity contribution >= 4 is 24.4 Å². The predicted octanol–water partition coefficient (Wildman–Crippen LogP) is 5.14. The molecule has 0 aromatic heterocycles. The minimum atomic E-state index is -5.34. The number of alkyl halides is 12. The average molecular weight is 757 g/mol. The van der Waals surface area contributed by atoms with Gasteiger partial charge in [0, 0.05) is 35.5 Å². The second-order valence-electron chi connectivity index (χ2n) is 9.52. The van der Waals surface area contributed by atoms with Gasteiger partial charge in [-0.05, 0) is 57.4 Å². The number of hydrogen-bond donors (Lipinski definition) is 2. The summed E-state index contributed by atoms with van der Waals surface area (Å²) in [5.41, 5.74) is -9.18. The maximum absolute atomic E-state index is 13.1. The Bertz CT molecular complexity index is 1370. The minimum Gasteiger partial charge on any atom is -0.550 e. The zero-order valence-electron chi connectivity index (χ0n) is 24.0. The monoisotopic (exact) mass is 757 g/mol. The van der Waals surface area contributed by atoms with E-state index in [0.29, 0.717) is 18.9 Å². The third-order valence-electron chi connectivity index (χ3n) is 5.80. The molecule has 0 spiro atoms. The van der Waals surface area contributed by atoms with Crippen LogP contribution in [0.15, 0.2) is 34.3 Å². The van der Waals surface area contributed by atoms with Gasteiger partial charge in [-0.25, -0.2) is 0 Å². The molecule has 2 aromatic carbocycles. The summed E-state index contributed by atoms with van der Waals surface area (Å²) in [7, 11) is 0. The molecule has 3 rings (SSSR count). The maximum Gasteiger partial charge on any atom is 2.00 e. The fourth-order valence-corrected chi connectivity index (χ4v) is 3.89. The van der Waals surface area contributed by atoms with E-state index in [0.717, 1.165) is 13.8 Å². The van der Waals surface area contributed by atoms with Gasteiger partial charge in [-0.3, -0.25) is 9.98 Å². The van der Waals surface area contributed by atoms with E-state index < -0.39 is 93.6 Å². The number of phenols is 2. The van der Waals surface area contributed by atoms with E-state index in [2.05, 4.69) is 9.98 Å². The molecular weight excluding hydrogens is 735 g/mol. The van der Waals surface area contributed by atoms with Crippen LogP contribution in [0.5, 0.6) is 11.5 Å². The van der Waals surface area contributed by atoms with Gasteiger partial charge in [-0.2, -0.15) is 52.7 Å². The van der Waals surface area contributed by atoms with Gasteiger partial charge in [0.25, 0.3) is 0 Å². The molecule has 0 saturated heterocycles. The smallest absolute Gasteiger partial charge is 0.550 e. The Balaban J connectivity index is 0.00000221. The molecule has 21 heteroatoms. The van der Waals surface area contributed by atoms with Crippen LogP contribution in [0.4, 0.5) is 52.7 Å². The summed E-state index contributed by atoms with van der Waals surface area (Å²) in [6.07, 6.45) is -19.3. The van der Waals surface area contributed by atoms with Crippen molar-refractivity contribution in [3.05, 3.63) is 57.6 Å². The normalized spacial score (nSPS) is 16.9. The zero-order valence-corrected chi connectivity index (χ0v) is 25.1. The van der Waals surface area contributed by atoms with Gasteiger partial charge in [0.2, 0.25) is 0 Å². The van der Waals surface area contributed by atoms with E-state index in [-0.39, 0.29) is 53.9 Å². The van der Waals surface area contributed by atoms with E-state index >= 15 is 0 Å². The Labute approximate surface area is 273 Å². The van der Waals surface area contributed by atoms with Crippen molar-refractivity contribution in [3.63, 3.8) is 0 Å². The van der Waals surface area contributed by atoms with Gasteiger partial charge >= 0.3 is 41.5 Å². The Morgan fingerprint density at radius 3 is 1.15 bits per heavy atom. The molecule has 48 heavy (non-hydrogen) atoms. The van der Waals surface area contributed by atoms with E-state index in [1.807, 2.05) is 0 Å². The molecule has 2 unspecified atom stereocenters. The van der Waals surface area contributed by atoms with Crippen LogP contribution in [0, 0.1) is 0 Å². The first kappa shape index (κ1) is 44.0. The SMILES string of the molecule is CC(=O)[O-].CC(=O)[O-].Oc1c(C=NC2CCCC2N=Cc2cc(C(F)(F)F)cc(C(F)(F)F)c2O)cc(C(F)(F)F)cc1C(F)(F)F.[Co+2]. The number of rotatable bonds is 4. The summed E-state index contributed by atoms with van der Waals surface area (Å²) in [6, 6.07) is -1.99. The number of aliphatic imine (C=N–C) groups is 2. The Morgan fingerprint density at radius 1 is 0.646 bits per heavy atom. The van der Waals surface area contributed by atoms with Crippen molar-refractivity contribution in [2.24, 2.45) is 9.98 Å². The molecule has 1 aliphatic carbocycles. The number of aliphatic carboxylic acids is 2. The third-order valence-corrected chi connectivity index (χ3v) is 5.80. The molecule has 2 N–H and O–H groups in total. The largest absolute Gasteiger partial charge is 2.00 e. The number of hydrogen-bond acceptors (Lipinski definition) is 8. The van der Waals surface area contributed by atoms with Gasteiger partial charge in [-0.15, -0.1) is 0 Å². The summed E-state index contributed by atoms with van der Waals surface area (Å²) in [5.74, 6) is -5.21. The van der Waals surface area contributed by atoms with E-state index in [9.17, 15) is 62.9 Å². The Morgan fingerprint density at radius 2 is 0.917 bits per heavy atom. The van der Waals surface area contributed by atoms with Gasteiger partial charge in [0.05, 0.1) is 34.3 Å². The van der Waals surface area contributed by atoms with Crippen molar-refractivity contribution in [2.45, 2.75) is 69.9 Å². The molecular formula is C27H22CoF12N2O6. The minimum absolute atomic E-state index is 0. The third kappa shape index (κ3) is 13.6. The number of halogens is 12. The van der Waals surface area contributed by atoms with Crippen LogP contribution in [0.25, 0.3) is 0 Å². The number of aromatic hydroxyl groups is 2. The molecule has 1 saturated carbocycles. The molecule has 0 heterocycles. The van der Waals surface area contributed by atoms with Crippen LogP contribution < -0.4 is 10.2 Å². The number of phenolic OH excluding ortho intramolecular Hbond substituents is 2. The average Bonchev–Trinajstić information content (AvgIpc) is 3.31. The quantitative estimate of drug-likeness (QED) is 0.327. The zero-order chi connectivity index (χ0) is 36.7. The number of carboxylic acid groups (broad SMARTS) is 2. The van der Waals surface area contributed by atoms with E-state index in [1.54, 1.807) is 0 Å². The number of carbonyl (C=O) groups excluding carboxylic acids is 2. The summed E-state index contributed by atoms with van der Waals surface area (Å²) in [4.78, 5) is 25.5. The molecule has 1 radical (unpaired) electrons. The summed E-state index contributed by atoms with van der Waals surface area (Å²) in [6.45, 7) is 1.94. The topological polar surface area (TPSA) is 145 Å². The standard InChI is InChI=1S/C23H16F12N2O2.2C2H4O2.Co/c24-20(25,26)12-4-10(18(38)14(6-12)22(30,31)32)8-36-16-2-1-3-17(16)37-9-11-5-13(21(27,28)29)7-15(19(11)39)23(33,34)35;2*1-2(3)4;/h4-9,16-17,38-39H,1-3H2;2*1H3,(H,3,4);/q;;;+2/p-2. The molecule has 1 aliphatic rings. The number of nitrogens with zero attached hydrogens (tertiary/aromatic N) is 2. The summed E-state index contributed by atoms with van der Waals surface area (Å²) < 4.78 is 157. The second kappa shape index (κ2) is 16.9. The van der Waals surface area contributed by atoms with Crippen molar-refractivity contribution in [1.29, 1.82) is 0 Å². The molecule has 0 aliphatic heterocycles. The van der Waals surface area contributed by atoms with Crippen LogP contribution in [-0.2, 0) is 51.1 Å². The fourth-order valence-electron chi connectivity index (χ4n) is 3.89. The molecule has 0 amide bonds. The Hall–Kier alpha value is -4.01. The fraction of sp³-hybridized carbons (Fsp3) is 0.407. The predicted molar refractivity (Wildman–Crippen MR) is 134 cm³/mol. The molecule has 2 aromatic rings. The summed E-state index contributed by atoms with van der Waals surface area (Å²) in [5, 5.41) is 37.6. The van der Waals surface area contributed by atoms with Gasteiger partial charge < -0.3 is 30.0 Å². The van der Waals surface area contributed by atoms with Crippen molar-refractivity contribution < 1.29 is 99.5 Å².